The van der Waals surface area contributed by atoms with Crippen molar-refractivity contribution >= 4 is 5.69 Å². The fourth-order valence-electron chi connectivity index (χ4n) is 1.02. The molecule has 0 aliphatic carbocycles. The molecule has 2 heteroatoms. The zero-order valence-electron chi connectivity index (χ0n) is 7.33. The van der Waals surface area contributed by atoms with Crippen molar-refractivity contribution in [3.05, 3.63) is 30.3 Å². The van der Waals surface area contributed by atoms with Crippen LogP contribution in [0.4, 0.5) is 10.2 Å². The number of rotatable bonds is 4. The Kier molecular flexibility index (Phi) is 3.74. The van der Waals surface area contributed by atoms with Crippen LogP contribution in [0, 0.1) is 0 Å². The maximum atomic E-state index is 13.2. The average Bonchev–Trinajstić information content (AvgIpc) is 2.15. The molecule has 1 nitrogen and oxygen atoms in total. The van der Waals surface area contributed by atoms with Gasteiger partial charge in [-0.2, -0.15) is 0 Å². The van der Waals surface area contributed by atoms with Crippen molar-refractivity contribution in [1.29, 1.82) is 0 Å². The van der Waals surface area contributed by atoms with E-state index in [2.05, 4.69) is 6.92 Å². The molecule has 0 spiro atoms. The zero-order chi connectivity index (χ0) is 8.81. The maximum absolute atomic E-state index is 13.2. The smallest absolute Gasteiger partial charge is 0.0652 e. The van der Waals surface area contributed by atoms with E-state index in [9.17, 15) is 4.48 Å². The summed E-state index contributed by atoms with van der Waals surface area (Å²) in [5.74, 6) is 0. The molecule has 65 valence electrons. The van der Waals surface area contributed by atoms with Gasteiger partial charge >= 0.3 is 0 Å². The molecular formula is C10H14FN+. The largest absolute Gasteiger partial charge is 0.226 e. The third-order valence-corrected chi connectivity index (χ3v) is 1.74. The maximum Gasteiger partial charge on any atom is 0.226 e. The van der Waals surface area contributed by atoms with Gasteiger partial charge in [-0.3, -0.25) is 0 Å². The van der Waals surface area contributed by atoms with E-state index in [4.69, 9.17) is 0 Å². The Bertz CT molecular complexity index is 210. The average molecular weight is 167 g/mol. The highest BCUT2D eigenvalue weighted by Gasteiger charge is 2.16. The summed E-state index contributed by atoms with van der Waals surface area (Å²) in [6.45, 7) is 2.54. The second-order valence-corrected chi connectivity index (χ2v) is 2.77. The van der Waals surface area contributed by atoms with Crippen LogP contribution in [0.2, 0.25) is 0 Å². The highest BCUT2D eigenvalue weighted by Crippen LogP contribution is 2.13. The number of unbranched alkanes of at least 4 members (excludes halogenated alkanes) is 1. The van der Waals surface area contributed by atoms with Crippen molar-refractivity contribution in [2.24, 2.45) is 0 Å². The molecule has 1 aromatic carbocycles. The van der Waals surface area contributed by atoms with Crippen LogP contribution in [-0.4, -0.2) is 6.54 Å². The molecule has 0 heterocycles. The third-order valence-electron chi connectivity index (χ3n) is 1.74. The van der Waals surface area contributed by atoms with Crippen molar-refractivity contribution < 1.29 is 4.48 Å². The van der Waals surface area contributed by atoms with Gasteiger partial charge < -0.3 is 0 Å². The van der Waals surface area contributed by atoms with Crippen molar-refractivity contribution in [2.45, 2.75) is 19.8 Å². The summed E-state index contributed by atoms with van der Waals surface area (Å²) in [5, 5.41) is 0.795. The molecule has 0 atom stereocenters. The molecule has 1 aromatic rings. The SMILES string of the molecule is CCCC[N+](F)c1ccccc1. The summed E-state index contributed by atoms with van der Waals surface area (Å²) >= 11 is 0. The van der Waals surface area contributed by atoms with Gasteiger partial charge in [0.25, 0.3) is 0 Å². The van der Waals surface area contributed by atoms with E-state index in [1.165, 1.54) is 0 Å². The Morgan fingerprint density at radius 2 is 1.92 bits per heavy atom. The number of nitrogens with zero attached hydrogens (tertiary/aromatic N) is 1. The first-order valence-corrected chi connectivity index (χ1v) is 4.33. The van der Waals surface area contributed by atoms with Gasteiger partial charge in [0.2, 0.25) is 5.69 Å². The fraction of sp³-hybridized carbons (Fsp3) is 0.400. The molecule has 1 rings (SSSR count). The van der Waals surface area contributed by atoms with E-state index in [0.29, 0.717) is 12.2 Å². The standard InChI is InChI=1S/C10H14FN/c1-2-3-9-12(11)10-7-5-4-6-8-10/h4-8H,2-3,9H2,1H3/q+1. The molecule has 0 aliphatic rings. The zero-order valence-corrected chi connectivity index (χ0v) is 7.33. The van der Waals surface area contributed by atoms with Gasteiger partial charge in [0.15, 0.2) is 6.54 Å². The highest BCUT2D eigenvalue weighted by atomic mass is 19.2. The first-order valence-electron chi connectivity index (χ1n) is 4.33. The van der Waals surface area contributed by atoms with Crippen LogP contribution in [0.1, 0.15) is 19.8 Å². The van der Waals surface area contributed by atoms with Crippen LogP contribution in [-0.2, 0) is 0 Å². The molecule has 0 saturated carbocycles. The third kappa shape index (κ3) is 2.62. The lowest BCUT2D eigenvalue weighted by atomic mass is 10.3. The molecule has 0 bridgehead atoms. The minimum Gasteiger partial charge on any atom is -0.0652 e. The number of para-hydroxylation sites is 1. The van der Waals surface area contributed by atoms with E-state index >= 15 is 0 Å². The van der Waals surface area contributed by atoms with Crippen molar-refractivity contribution in [1.82, 2.24) is 5.12 Å². The van der Waals surface area contributed by atoms with E-state index in [1.807, 2.05) is 18.2 Å². The molecule has 0 aliphatic heterocycles. The summed E-state index contributed by atoms with van der Waals surface area (Å²) in [6, 6.07) is 9.12. The second kappa shape index (κ2) is 4.88. The Hall–Kier alpha value is -0.890. The van der Waals surface area contributed by atoms with Crippen molar-refractivity contribution in [3.63, 3.8) is 0 Å². The summed E-state index contributed by atoms with van der Waals surface area (Å²) in [6.07, 6.45) is 1.92. The number of hydrogen-bond acceptors (Lipinski definition) is 1. The fourth-order valence-corrected chi connectivity index (χ4v) is 1.02. The predicted molar refractivity (Wildman–Crippen MR) is 49.1 cm³/mol. The van der Waals surface area contributed by atoms with Gasteiger partial charge in [-0.25, -0.2) is 0 Å². The van der Waals surface area contributed by atoms with Crippen LogP contribution in [0.15, 0.2) is 30.3 Å². The Balaban J connectivity index is 2.48. The first-order chi connectivity index (χ1) is 5.84. The normalized spacial score (nSPS) is 10.6. The Labute approximate surface area is 72.8 Å². The van der Waals surface area contributed by atoms with Gasteiger partial charge in [-0.15, -0.1) is 0 Å². The quantitative estimate of drug-likeness (QED) is 0.607. The second-order valence-electron chi connectivity index (χ2n) is 2.77. The molecule has 1 radical (unpaired) electrons. The first kappa shape index (κ1) is 9.20. The predicted octanol–water partition coefficient (Wildman–Crippen LogP) is 3.14. The molecule has 0 aromatic heterocycles. The molecule has 0 saturated heterocycles. The summed E-state index contributed by atoms with van der Waals surface area (Å²) in [7, 11) is 0. The molecule has 12 heavy (non-hydrogen) atoms. The monoisotopic (exact) mass is 167 g/mol. The van der Waals surface area contributed by atoms with Crippen LogP contribution in [0.3, 0.4) is 0 Å². The number of anilines is 1. The molecular weight excluding hydrogens is 153 g/mol. The van der Waals surface area contributed by atoms with Crippen molar-refractivity contribution in [2.75, 3.05) is 6.54 Å². The van der Waals surface area contributed by atoms with Crippen LogP contribution >= 0.6 is 0 Å². The molecule has 0 fully saturated rings. The number of halogens is 1. The van der Waals surface area contributed by atoms with Crippen molar-refractivity contribution in [3.8, 4) is 0 Å². The Morgan fingerprint density at radius 3 is 2.50 bits per heavy atom. The lowest BCUT2D eigenvalue weighted by Gasteiger charge is -1.96. The van der Waals surface area contributed by atoms with Gasteiger partial charge in [0.05, 0.1) is 9.60 Å². The minimum absolute atomic E-state index is 0.487. The van der Waals surface area contributed by atoms with E-state index in [-0.39, 0.29) is 0 Å². The summed E-state index contributed by atoms with van der Waals surface area (Å²) < 4.78 is 13.2. The molecule has 0 unspecified atom stereocenters. The number of benzene rings is 1. The summed E-state index contributed by atoms with van der Waals surface area (Å²) in [4.78, 5) is 0. The Morgan fingerprint density at radius 1 is 1.25 bits per heavy atom. The van der Waals surface area contributed by atoms with Crippen LogP contribution < -0.4 is 5.12 Å². The van der Waals surface area contributed by atoms with Gasteiger partial charge in [-0.1, -0.05) is 31.5 Å². The van der Waals surface area contributed by atoms with E-state index in [1.54, 1.807) is 12.1 Å². The molecule has 0 N–H and O–H groups in total. The number of hydrogen-bond donors (Lipinski definition) is 0. The van der Waals surface area contributed by atoms with Crippen LogP contribution in [0.25, 0.3) is 0 Å². The minimum atomic E-state index is 0.487. The lowest BCUT2D eigenvalue weighted by molar-refractivity contribution is 0.214. The van der Waals surface area contributed by atoms with E-state index < -0.39 is 0 Å². The van der Waals surface area contributed by atoms with Crippen LogP contribution in [0.5, 0.6) is 0 Å². The van der Waals surface area contributed by atoms with Gasteiger partial charge in [-0.05, 0) is 0 Å². The van der Waals surface area contributed by atoms with Gasteiger partial charge in [0, 0.05) is 18.6 Å². The topological polar surface area (TPSA) is 5.90 Å². The summed E-state index contributed by atoms with van der Waals surface area (Å²) in [5.41, 5.74) is 0.644. The highest BCUT2D eigenvalue weighted by molar-refractivity contribution is 5.35. The van der Waals surface area contributed by atoms with E-state index in [0.717, 1.165) is 18.0 Å². The molecule has 0 amide bonds. The van der Waals surface area contributed by atoms with Gasteiger partial charge in [0.1, 0.15) is 0 Å². The lowest BCUT2D eigenvalue weighted by Crippen LogP contribution is -2.13.